The molecule has 1 saturated heterocycles. The van der Waals surface area contributed by atoms with Crippen molar-refractivity contribution in [3.63, 3.8) is 0 Å². The van der Waals surface area contributed by atoms with E-state index in [0.717, 1.165) is 6.42 Å². The zero-order valence-corrected chi connectivity index (χ0v) is 12.5. The van der Waals surface area contributed by atoms with Gasteiger partial charge in [0.25, 0.3) is 0 Å². The molecule has 1 atom stereocenters. The van der Waals surface area contributed by atoms with Gasteiger partial charge in [-0.2, -0.15) is 0 Å². The van der Waals surface area contributed by atoms with Gasteiger partial charge >= 0.3 is 6.09 Å². The van der Waals surface area contributed by atoms with Crippen molar-refractivity contribution in [3.05, 3.63) is 12.7 Å². The smallest absolute Gasteiger partial charge is 0.410 e. The Kier molecular flexibility index (Phi) is 6.01. The number of carbonyl (C=O) groups excluding carboxylic acids is 2. The van der Waals surface area contributed by atoms with Crippen molar-refractivity contribution in [3.8, 4) is 0 Å². The van der Waals surface area contributed by atoms with Crippen LogP contribution >= 0.6 is 0 Å². The van der Waals surface area contributed by atoms with E-state index < -0.39 is 5.60 Å². The Bertz CT molecular complexity index is 363. The monoisotopic (exact) mass is 284 g/mol. The van der Waals surface area contributed by atoms with Gasteiger partial charge in [-0.1, -0.05) is 6.58 Å². The topological polar surface area (TPSA) is 67.9 Å². The predicted molar refractivity (Wildman–Crippen MR) is 75.4 cm³/mol. The van der Waals surface area contributed by atoms with Gasteiger partial charge in [0.1, 0.15) is 5.60 Å². The van der Waals surface area contributed by atoms with Crippen LogP contribution in [0.3, 0.4) is 0 Å². The number of rotatable bonds is 5. The lowest BCUT2D eigenvalue weighted by Gasteiger charge is -2.24. The van der Waals surface area contributed by atoms with E-state index in [1.807, 2.05) is 20.8 Å². The summed E-state index contributed by atoms with van der Waals surface area (Å²) in [6.07, 6.45) is 1.71. The highest BCUT2D eigenvalue weighted by molar-refractivity contribution is 5.86. The lowest BCUT2D eigenvalue weighted by Crippen LogP contribution is -2.36. The average molecular weight is 284 g/mol. The van der Waals surface area contributed by atoms with E-state index in [4.69, 9.17) is 9.47 Å². The lowest BCUT2D eigenvalue weighted by molar-refractivity contribution is -0.116. The molecule has 2 amide bonds. The third-order valence-electron chi connectivity index (χ3n) is 2.74. The quantitative estimate of drug-likeness (QED) is 0.610. The zero-order valence-electron chi connectivity index (χ0n) is 12.5. The number of nitrogens with one attached hydrogen (secondary N) is 1. The summed E-state index contributed by atoms with van der Waals surface area (Å²) in [5, 5.41) is 2.63. The van der Waals surface area contributed by atoms with Crippen molar-refractivity contribution in [2.75, 3.05) is 26.2 Å². The molecule has 1 aliphatic rings. The average Bonchev–Trinajstić information content (AvgIpc) is 2.81. The van der Waals surface area contributed by atoms with Crippen molar-refractivity contribution in [1.82, 2.24) is 10.2 Å². The SMILES string of the molecule is C=CC(=O)NCCOC1CCN(C(=O)OC(C)(C)C)C1. The summed E-state index contributed by atoms with van der Waals surface area (Å²) in [4.78, 5) is 24.4. The predicted octanol–water partition coefficient (Wildman–Crippen LogP) is 1.31. The molecule has 0 aromatic carbocycles. The van der Waals surface area contributed by atoms with Crippen LogP contribution in [0.1, 0.15) is 27.2 Å². The molecule has 0 aliphatic carbocycles. The summed E-state index contributed by atoms with van der Waals surface area (Å²) in [5.41, 5.74) is -0.481. The highest BCUT2D eigenvalue weighted by Gasteiger charge is 2.30. The number of nitrogens with zero attached hydrogens (tertiary/aromatic N) is 1. The number of hydrogen-bond donors (Lipinski definition) is 1. The Morgan fingerprint density at radius 2 is 2.15 bits per heavy atom. The van der Waals surface area contributed by atoms with Crippen LogP contribution in [0.25, 0.3) is 0 Å². The van der Waals surface area contributed by atoms with Crippen LogP contribution in [0.5, 0.6) is 0 Å². The largest absolute Gasteiger partial charge is 0.444 e. The second-order valence-electron chi connectivity index (χ2n) is 5.70. The molecular weight excluding hydrogens is 260 g/mol. The first-order valence-corrected chi connectivity index (χ1v) is 6.81. The van der Waals surface area contributed by atoms with Gasteiger partial charge in [0.15, 0.2) is 0 Å². The second kappa shape index (κ2) is 7.28. The van der Waals surface area contributed by atoms with E-state index in [2.05, 4.69) is 11.9 Å². The number of carbonyl (C=O) groups is 2. The fourth-order valence-electron chi connectivity index (χ4n) is 1.83. The fraction of sp³-hybridized carbons (Fsp3) is 0.714. The molecule has 1 N–H and O–H groups in total. The van der Waals surface area contributed by atoms with E-state index in [0.29, 0.717) is 26.2 Å². The first-order chi connectivity index (χ1) is 9.31. The molecule has 1 aliphatic heterocycles. The van der Waals surface area contributed by atoms with Crippen molar-refractivity contribution in [1.29, 1.82) is 0 Å². The van der Waals surface area contributed by atoms with Crippen molar-refractivity contribution in [2.45, 2.75) is 38.9 Å². The Hall–Kier alpha value is -1.56. The first kappa shape index (κ1) is 16.5. The molecule has 0 aromatic heterocycles. The van der Waals surface area contributed by atoms with E-state index in [-0.39, 0.29) is 18.1 Å². The van der Waals surface area contributed by atoms with E-state index in [1.54, 1.807) is 4.90 Å². The van der Waals surface area contributed by atoms with Crippen LogP contribution < -0.4 is 5.32 Å². The van der Waals surface area contributed by atoms with Crippen LogP contribution in [0.4, 0.5) is 4.79 Å². The van der Waals surface area contributed by atoms with Crippen LogP contribution in [0.2, 0.25) is 0 Å². The van der Waals surface area contributed by atoms with Crippen LogP contribution in [-0.4, -0.2) is 54.8 Å². The summed E-state index contributed by atoms with van der Waals surface area (Å²) in [7, 11) is 0. The first-order valence-electron chi connectivity index (χ1n) is 6.81. The molecule has 0 aromatic rings. The van der Waals surface area contributed by atoms with Crippen molar-refractivity contribution in [2.24, 2.45) is 0 Å². The molecule has 1 rings (SSSR count). The summed E-state index contributed by atoms with van der Waals surface area (Å²) in [5.74, 6) is -0.213. The molecule has 6 nitrogen and oxygen atoms in total. The molecule has 6 heteroatoms. The number of likely N-dealkylation sites (tertiary alicyclic amines) is 1. The maximum atomic E-state index is 11.8. The van der Waals surface area contributed by atoms with E-state index in [9.17, 15) is 9.59 Å². The summed E-state index contributed by atoms with van der Waals surface area (Å²) in [6.45, 7) is 10.9. The summed E-state index contributed by atoms with van der Waals surface area (Å²) in [6, 6.07) is 0. The Morgan fingerprint density at radius 3 is 2.75 bits per heavy atom. The van der Waals surface area contributed by atoms with E-state index >= 15 is 0 Å². The van der Waals surface area contributed by atoms with Gasteiger partial charge < -0.3 is 19.7 Å². The molecule has 0 radical (unpaired) electrons. The van der Waals surface area contributed by atoms with Crippen LogP contribution in [0, 0.1) is 0 Å². The van der Waals surface area contributed by atoms with Gasteiger partial charge in [-0.15, -0.1) is 0 Å². The second-order valence-corrected chi connectivity index (χ2v) is 5.70. The van der Waals surface area contributed by atoms with Crippen LogP contribution in [0.15, 0.2) is 12.7 Å². The van der Waals surface area contributed by atoms with Gasteiger partial charge in [0.05, 0.1) is 19.3 Å². The van der Waals surface area contributed by atoms with Gasteiger partial charge in [-0.05, 0) is 33.3 Å². The van der Waals surface area contributed by atoms with Crippen molar-refractivity contribution < 1.29 is 19.1 Å². The molecule has 0 saturated carbocycles. The maximum Gasteiger partial charge on any atom is 0.410 e. The molecule has 1 unspecified atom stereocenters. The van der Waals surface area contributed by atoms with Gasteiger partial charge in [0, 0.05) is 13.1 Å². The van der Waals surface area contributed by atoms with Gasteiger partial charge in [-0.3, -0.25) is 4.79 Å². The Balaban J connectivity index is 2.21. The molecule has 0 bridgehead atoms. The zero-order chi connectivity index (χ0) is 15.2. The lowest BCUT2D eigenvalue weighted by atomic mass is 10.2. The minimum Gasteiger partial charge on any atom is -0.444 e. The Labute approximate surface area is 120 Å². The maximum absolute atomic E-state index is 11.8. The third-order valence-corrected chi connectivity index (χ3v) is 2.74. The summed E-state index contributed by atoms with van der Waals surface area (Å²) < 4.78 is 10.9. The molecule has 1 fully saturated rings. The number of ether oxygens (including phenoxy) is 2. The third kappa shape index (κ3) is 6.06. The Morgan fingerprint density at radius 1 is 1.45 bits per heavy atom. The fourth-order valence-corrected chi connectivity index (χ4v) is 1.83. The molecule has 1 heterocycles. The number of amides is 2. The van der Waals surface area contributed by atoms with Gasteiger partial charge in [0.2, 0.25) is 5.91 Å². The van der Waals surface area contributed by atoms with E-state index in [1.165, 1.54) is 6.08 Å². The highest BCUT2D eigenvalue weighted by Crippen LogP contribution is 2.16. The minimum absolute atomic E-state index is 0.00292. The minimum atomic E-state index is -0.481. The molecule has 20 heavy (non-hydrogen) atoms. The van der Waals surface area contributed by atoms with Gasteiger partial charge in [-0.25, -0.2) is 4.79 Å². The van der Waals surface area contributed by atoms with Crippen LogP contribution in [-0.2, 0) is 14.3 Å². The molecule has 0 spiro atoms. The number of hydrogen-bond acceptors (Lipinski definition) is 4. The summed E-state index contributed by atoms with van der Waals surface area (Å²) >= 11 is 0. The highest BCUT2D eigenvalue weighted by atomic mass is 16.6. The normalized spacial score (nSPS) is 18.8. The van der Waals surface area contributed by atoms with Crippen molar-refractivity contribution >= 4 is 12.0 Å². The molecule has 114 valence electrons. The standard InChI is InChI=1S/C14H24N2O4/c1-5-12(17)15-7-9-19-11-6-8-16(10-11)13(18)20-14(2,3)4/h5,11H,1,6-10H2,2-4H3,(H,15,17). The molecular formula is C14H24N2O4.